The largest absolute Gasteiger partial charge is 0.354 e. The summed E-state index contributed by atoms with van der Waals surface area (Å²) >= 11 is 0. The first kappa shape index (κ1) is 17.2. The van der Waals surface area contributed by atoms with E-state index < -0.39 is 0 Å². The van der Waals surface area contributed by atoms with E-state index in [1.165, 1.54) is 58.2 Å². The maximum absolute atomic E-state index is 12.1. The zero-order chi connectivity index (χ0) is 16.1. The second kappa shape index (κ2) is 8.48. The summed E-state index contributed by atoms with van der Waals surface area (Å²) in [6.07, 6.45) is 10.4. The summed E-state index contributed by atoms with van der Waals surface area (Å²) in [7, 11) is 0. The first-order chi connectivity index (χ1) is 11.2. The molecule has 3 rings (SSSR count). The Morgan fingerprint density at radius 1 is 1.09 bits per heavy atom. The Labute approximate surface area is 141 Å². The molecule has 0 aromatic rings. The highest BCUT2D eigenvalue weighted by Gasteiger charge is 2.26. The second-order valence-electron chi connectivity index (χ2n) is 8.29. The Morgan fingerprint density at radius 2 is 1.91 bits per heavy atom. The van der Waals surface area contributed by atoms with Gasteiger partial charge in [-0.1, -0.05) is 19.8 Å². The van der Waals surface area contributed by atoms with Crippen LogP contribution in [0.4, 0.5) is 0 Å². The molecule has 1 aliphatic carbocycles. The van der Waals surface area contributed by atoms with Gasteiger partial charge >= 0.3 is 0 Å². The molecule has 1 amide bonds. The fourth-order valence-corrected chi connectivity index (χ4v) is 4.64. The Balaban J connectivity index is 1.37. The summed E-state index contributed by atoms with van der Waals surface area (Å²) in [5.74, 6) is 2.74. The first-order valence-electron chi connectivity index (χ1n) is 9.94. The lowest BCUT2D eigenvalue weighted by Gasteiger charge is -2.37. The molecule has 2 unspecified atom stereocenters. The van der Waals surface area contributed by atoms with Crippen molar-refractivity contribution in [2.75, 3.05) is 32.7 Å². The molecule has 2 aliphatic heterocycles. The van der Waals surface area contributed by atoms with Gasteiger partial charge in [-0.05, 0) is 69.4 Å². The molecule has 1 saturated carbocycles. The van der Waals surface area contributed by atoms with Gasteiger partial charge in [0.05, 0.1) is 6.04 Å². The fraction of sp³-hybridized carbons (Fsp3) is 0.947. The Morgan fingerprint density at radius 3 is 2.65 bits per heavy atom. The van der Waals surface area contributed by atoms with Crippen LogP contribution in [0.25, 0.3) is 0 Å². The van der Waals surface area contributed by atoms with Crippen LogP contribution in [0.15, 0.2) is 0 Å². The van der Waals surface area contributed by atoms with Gasteiger partial charge in [0.1, 0.15) is 0 Å². The van der Waals surface area contributed by atoms with Crippen molar-refractivity contribution >= 4 is 5.91 Å². The van der Waals surface area contributed by atoms with E-state index >= 15 is 0 Å². The van der Waals surface area contributed by atoms with Crippen LogP contribution in [-0.2, 0) is 4.79 Å². The van der Waals surface area contributed by atoms with Crippen LogP contribution in [0, 0.1) is 17.8 Å². The smallest absolute Gasteiger partial charge is 0.237 e. The summed E-state index contributed by atoms with van der Waals surface area (Å²) in [6, 6.07) is 0.0684. The van der Waals surface area contributed by atoms with Crippen LogP contribution < -0.4 is 10.6 Å². The van der Waals surface area contributed by atoms with Crippen molar-refractivity contribution in [2.45, 2.75) is 64.3 Å². The van der Waals surface area contributed by atoms with Crippen molar-refractivity contribution in [2.24, 2.45) is 17.8 Å². The third-order valence-corrected chi connectivity index (χ3v) is 6.20. The molecule has 23 heavy (non-hydrogen) atoms. The quantitative estimate of drug-likeness (QED) is 0.817. The Hall–Kier alpha value is -0.610. The number of carbonyl (C=O) groups is 1. The van der Waals surface area contributed by atoms with Crippen molar-refractivity contribution in [3.63, 3.8) is 0 Å². The van der Waals surface area contributed by atoms with Gasteiger partial charge in [0.25, 0.3) is 0 Å². The van der Waals surface area contributed by atoms with E-state index in [1.807, 2.05) is 0 Å². The van der Waals surface area contributed by atoms with Gasteiger partial charge in [-0.25, -0.2) is 0 Å². The maximum atomic E-state index is 12.1. The molecular weight excluding hydrogens is 286 g/mol. The molecule has 2 atom stereocenters. The van der Waals surface area contributed by atoms with E-state index in [1.54, 1.807) is 0 Å². The van der Waals surface area contributed by atoms with Gasteiger partial charge in [0, 0.05) is 19.6 Å². The average Bonchev–Trinajstić information content (AvgIpc) is 3.10. The fourth-order valence-electron chi connectivity index (χ4n) is 4.64. The number of piperidine rings is 1. The molecule has 3 aliphatic rings. The number of hydrogen-bond donors (Lipinski definition) is 2. The van der Waals surface area contributed by atoms with Gasteiger partial charge in [-0.15, -0.1) is 0 Å². The van der Waals surface area contributed by atoms with E-state index in [9.17, 15) is 4.79 Å². The average molecular weight is 322 g/mol. The number of carbonyl (C=O) groups excluding carboxylic acids is 1. The molecule has 2 N–H and O–H groups in total. The highest BCUT2D eigenvalue weighted by atomic mass is 16.2. The molecular formula is C19H35N3O. The SMILES string of the molecule is CC1CCC(CN2CCCC(CNC(=O)C3CCCN3)C2)CC1. The normalized spacial score (nSPS) is 36.0. The molecule has 4 nitrogen and oxygen atoms in total. The Bertz CT molecular complexity index is 373. The first-order valence-corrected chi connectivity index (χ1v) is 9.94. The summed E-state index contributed by atoms with van der Waals surface area (Å²) in [5.41, 5.74) is 0. The number of nitrogens with one attached hydrogen (secondary N) is 2. The second-order valence-corrected chi connectivity index (χ2v) is 8.29. The summed E-state index contributed by atoms with van der Waals surface area (Å²) in [4.78, 5) is 14.8. The summed E-state index contributed by atoms with van der Waals surface area (Å²) < 4.78 is 0. The highest BCUT2D eigenvalue weighted by Crippen LogP contribution is 2.29. The van der Waals surface area contributed by atoms with Crippen LogP contribution in [0.5, 0.6) is 0 Å². The minimum absolute atomic E-state index is 0.0684. The molecule has 0 bridgehead atoms. The van der Waals surface area contributed by atoms with Crippen LogP contribution in [0.2, 0.25) is 0 Å². The molecule has 3 fully saturated rings. The molecule has 0 radical (unpaired) electrons. The lowest BCUT2D eigenvalue weighted by atomic mass is 9.82. The standard InChI is InChI=1S/C19H35N3O/c1-15-6-8-16(9-7-15)13-22-11-3-4-17(14-22)12-21-19(23)18-5-2-10-20-18/h15-18,20H,2-14H2,1H3,(H,21,23). The van der Waals surface area contributed by atoms with Crippen LogP contribution in [0.3, 0.4) is 0 Å². The highest BCUT2D eigenvalue weighted by molar-refractivity contribution is 5.81. The molecule has 0 aromatic carbocycles. The van der Waals surface area contributed by atoms with E-state index in [-0.39, 0.29) is 11.9 Å². The minimum Gasteiger partial charge on any atom is -0.354 e. The van der Waals surface area contributed by atoms with Gasteiger partial charge in [-0.2, -0.15) is 0 Å². The zero-order valence-electron chi connectivity index (χ0n) is 14.9. The summed E-state index contributed by atoms with van der Waals surface area (Å²) in [5, 5.41) is 6.48. The maximum Gasteiger partial charge on any atom is 0.237 e. The van der Waals surface area contributed by atoms with Crippen LogP contribution in [0.1, 0.15) is 58.3 Å². The molecule has 0 aromatic heterocycles. The summed E-state index contributed by atoms with van der Waals surface area (Å²) in [6.45, 7) is 8.01. The van der Waals surface area contributed by atoms with E-state index in [2.05, 4.69) is 22.5 Å². The monoisotopic (exact) mass is 321 g/mol. The van der Waals surface area contributed by atoms with Crippen molar-refractivity contribution in [3.8, 4) is 0 Å². The third-order valence-electron chi connectivity index (χ3n) is 6.20. The number of rotatable bonds is 5. The van der Waals surface area contributed by atoms with Crippen molar-refractivity contribution < 1.29 is 4.79 Å². The Kier molecular flexibility index (Phi) is 6.35. The van der Waals surface area contributed by atoms with Gasteiger partial charge < -0.3 is 15.5 Å². The van der Waals surface area contributed by atoms with Crippen LogP contribution in [-0.4, -0.2) is 49.6 Å². The zero-order valence-corrected chi connectivity index (χ0v) is 14.9. The van der Waals surface area contributed by atoms with E-state index in [0.717, 1.165) is 37.8 Å². The van der Waals surface area contributed by atoms with Crippen LogP contribution >= 0.6 is 0 Å². The third kappa shape index (κ3) is 5.18. The molecule has 0 spiro atoms. The lowest BCUT2D eigenvalue weighted by Crippen LogP contribution is -2.46. The molecule has 2 heterocycles. The topological polar surface area (TPSA) is 44.4 Å². The lowest BCUT2D eigenvalue weighted by molar-refractivity contribution is -0.123. The number of hydrogen-bond acceptors (Lipinski definition) is 3. The number of likely N-dealkylation sites (tertiary alicyclic amines) is 1. The predicted molar refractivity (Wildman–Crippen MR) is 94.3 cm³/mol. The van der Waals surface area contributed by atoms with Gasteiger partial charge in [0.15, 0.2) is 0 Å². The van der Waals surface area contributed by atoms with Gasteiger partial charge in [-0.3, -0.25) is 4.79 Å². The number of amides is 1. The molecule has 132 valence electrons. The number of nitrogens with zero attached hydrogens (tertiary/aromatic N) is 1. The van der Waals surface area contributed by atoms with Crippen molar-refractivity contribution in [1.29, 1.82) is 0 Å². The van der Waals surface area contributed by atoms with Crippen molar-refractivity contribution in [1.82, 2.24) is 15.5 Å². The molecule has 2 saturated heterocycles. The minimum atomic E-state index is 0.0684. The molecule has 4 heteroatoms. The van der Waals surface area contributed by atoms with Crippen molar-refractivity contribution in [3.05, 3.63) is 0 Å². The van der Waals surface area contributed by atoms with E-state index in [0.29, 0.717) is 5.92 Å². The predicted octanol–water partition coefficient (Wildman–Crippen LogP) is 2.39. The van der Waals surface area contributed by atoms with Gasteiger partial charge in [0.2, 0.25) is 5.91 Å². The van der Waals surface area contributed by atoms with E-state index in [4.69, 9.17) is 0 Å².